The molecule has 0 aliphatic heterocycles. The highest BCUT2D eigenvalue weighted by Gasteiger charge is 1.94. The summed E-state index contributed by atoms with van der Waals surface area (Å²) >= 11 is 0. The van der Waals surface area contributed by atoms with Crippen molar-refractivity contribution in [2.24, 2.45) is 4.99 Å². The molecule has 0 atom stereocenters. The van der Waals surface area contributed by atoms with Gasteiger partial charge in [0.2, 0.25) is 0 Å². The van der Waals surface area contributed by atoms with Crippen LogP contribution in [0.5, 0.6) is 0 Å². The van der Waals surface area contributed by atoms with Gasteiger partial charge in [0.25, 0.3) is 0 Å². The van der Waals surface area contributed by atoms with Gasteiger partial charge in [-0.25, -0.2) is 4.99 Å². The van der Waals surface area contributed by atoms with E-state index in [0.717, 1.165) is 12.1 Å². The van der Waals surface area contributed by atoms with Crippen molar-refractivity contribution in [3.8, 4) is 0 Å². The predicted octanol–water partition coefficient (Wildman–Crippen LogP) is 2.89. The molecule has 0 heterocycles. The van der Waals surface area contributed by atoms with Crippen LogP contribution < -0.4 is 5.48 Å². The standard InChI is InChI=1S/C12H18N2O/c1-4-7-15-14-9-13-12-6-5-10(2)8-11(12)3/h5-6,8-9H,4,7H2,1-3H3,(H,13,14). The van der Waals surface area contributed by atoms with Crippen LogP contribution in [0.15, 0.2) is 23.2 Å². The van der Waals surface area contributed by atoms with Crippen LogP contribution in [0, 0.1) is 13.8 Å². The molecule has 15 heavy (non-hydrogen) atoms. The molecule has 1 aromatic rings. The summed E-state index contributed by atoms with van der Waals surface area (Å²) in [5, 5.41) is 0. The first-order valence-electron chi connectivity index (χ1n) is 5.21. The average Bonchev–Trinajstić information content (AvgIpc) is 2.20. The van der Waals surface area contributed by atoms with Crippen LogP contribution in [0.4, 0.5) is 5.69 Å². The van der Waals surface area contributed by atoms with E-state index in [4.69, 9.17) is 4.84 Å². The summed E-state index contributed by atoms with van der Waals surface area (Å²) in [4.78, 5) is 9.33. The van der Waals surface area contributed by atoms with Crippen molar-refractivity contribution in [1.29, 1.82) is 0 Å². The number of benzene rings is 1. The first-order valence-corrected chi connectivity index (χ1v) is 5.21. The molecule has 3 nitrogen and oxygen atoms in total. The molecule has 0 bridgehead atoms. The molecule has 0 fully saturated rings. The zero-order valence-corrected chi connectivity index (χ0v) is 9.58. The molecule has 0 aliphatic rings. The Hall–Kier alpha value is -1.35. The Morgan fingerprint density at radius 2 is 2.20 bits per heavy atom. The summed E-state index contributed by atoms with van der Waals surface area (Å²) in [6.07, 6.45) is 2.57. The van der Waals surface area contributed by atoms with Crippen molar-refractivity contribution >= 4 is 12.0 Å². The first-order chi connectivity index (χ1) is 7.24. The molecule has 0 radical (unpaired) electrons. The minimum absolute atomic E-state index is 0.693. The Balaban J connectivity index is 2.49. The zero-order chi connectivity index (χ0) is 11.1. The molecule has 0 spiro atoms. The highest BCUT2D eigenvalue weighted by Crippen LogP contribution is 2.18. The van der Waals surface area contributed by atoms with Gasteiger partial charge in [-0.15, -0.1) is 0 Å². The molecule has 1 N–H and O–H groups in total. The third-order valence-corrected chi connectivity index (χ3v) is 2.00. The van der Waals surface area contributed by atoms with E-state index in [1.807, 2.05) is 19.1 Å². The lowest BCUT2D eigenvalue weighted by Gasteiger charge is -2.02. The molecule has 0 aliphatic carbocycles. The van der Waals surface area contributed by atoms with Crippen molar-refractivity contribution in [3.63, 3.8) is 0 Å². The summed E-state index contributed by atoms with van der Waals surface area (Å²) in [5.41, 5.74) is 6.07. The van der Waals surface area contributed by atoms with Crippen molar-refractivity contribution in [3.05, 3.63) is 29.3 Å². The Labute approximate surface area is 91.1 Å². The van der Waals surface area contributed by atoms with E-state index in [1.165, 1.54) is 11.1 Å². The molecule has 0 saturated heterocycles. The summed E-state index contributed by atoms with van der Waals surface area (Å²) in [5.74, 6) is 0. The number of hydrogen-bond donors (Lipinski definition) is 1. The van der Waals surface area contributed by atoms with Crippen molar-refractivity contribution < 1.29 is 4.84 Å². The van der Waals surface area contributed by atoms with Crippen molar-refractivity contribution in [1.82, 2.24) is 5.48 Å². The molecule has 1 rings (SSSR count). The number of hydroxylamine groups is 1. The lowest BCUT2D eigenvalue weighted by molar-refractivity contribution is 0.0890. The van der Waals surface area contributed by atoms with Gasteiger partial charge in [0.1, 0.15) is 6.34 Å². The second-order valence-corrected chi connectivity index (χ2v) is 3.51. The van der Waals surface area contributed by atoms with Gasteiger partial charge < -0.3 is 0 Å². The molecule has 0 saturated carbocycles. The maximum atomic E-state index is 5.07. The summed E-state index contributed by atoms with van der Waals surface area (Å²) in [7, 11) is 0. The number of aryl methyl sites for hydroxylation is 2. The Morgan fingerprint density at radius 1 is 1.40 bits per heavy atom. The Morgan fingerprint density at radius 3 is 2.87 bits per heavy atom. The van der Waals surface area contributed by atoms with Gasteiger partial charge >= 0.3 is 0 Å². The molecule has 82 valence electrons. The fraction of sp³-hybridized carbons (Fsp3) is 0.417. The van der Waals surface area contributed by atoms with Gasteiger partial charge in [0.05, 0.1) is 12.3 Å². The number of nitrogens with zero attached hydrogens (tertiary/aromatic N) is 1. The zero-order valence-electron chi connectivity index (χ0n) is 9.58. The van der Waals surface area contributed by atoms with Gasteiger partial charge in [0, 0.05) is 0 Å². The first kappa shape index (κ1) is 11.7. The monoisotopic (exact) mass is 206 g/mol. The predicted molar refractivity (Wildman–Crippen MR) is 63.4 cm³/mol. The number of rotatable bonds is 5. The van der Waals surface area contributed by atoms with Gasteiger partial charge in [-0.2, -0.15) is 0 Å². The van der Waals surface area contributed by atoms with Gasteiger partial charge in [0.15, 0.2) is 0 Å². The van der Waals surface area contributed by atoms with E-state index in [2.05, 4.69) is 30.4 Å². The summed E-state index contributed by atoms with van der Waals surface area (Å²) in [6.45, 7) is 6.87. The van der Waals surface area contributed by atoms with Crippen LogP contribution in [0.2, 0.25) is 0 Å². The van der Waals surface area contributed by atoms with E-state index in [9.17, 15) is 0 Å². The minimum Gasteiger partial charge on any atom is -0.275 e. The highest BCUT2D eigenvalue weighted by atomic mass is 16.6. The van der Waals surface area contributed by atoms with E-state index >= 15 is 0 Å². The number of aliphatic imine (C=N–C) groups is 1. The molecule has 0 aromatic heterocycles. The van der Waals surface area contributed by atoms with Crippen LogP contribution in [-0.4, -0.2) is 12.9 Å². The topological polar surface area (TPSA) is 33.6 Å². The van der Waals surface area contributed by atoms with Crippen LogP contribution in [0.3, 0.4) is 0 Å². The molecular weight excluding hydrogens is 188 g/mol. The van der Waals surface area contributed by atoms with Crippen LogP contribution in [0.25, 0.3) is 0 Å². The molecule has 0 amide bonds. The maximum Gasteiger partial charge on any atom is 0.113 e. The molecule has 3 heteroatoms. The molecule has 0 unspecified atom stereocenters. The van der Waals surface area contributed by atoms with Gasteiger partial charge in [-0.1, -0.05) is 24.6 Å². The Bertz CT molecular complexity index is 334. The minimum atomic E-state index is 0.693. The smallest absolute Gasteiger partial charge is 0.113 e. The highest BCUT2D eigenvalue weighted by molar-refractivity contribution is 5.62. The van der Waals surface area contributed by atoms with Crippen LogP contribution >= 0.6 is 0 Å². The van der Waals surface area contributed by atoms with Gasteiger partial charge in [-0.05, 0) is 31.9 Å². The largest absolute Gasteiger partial charge is 0.275 e. The molecular formula is C12H18N2O. The SMILES string of the molecule is CCCONC=Nc1ccc(C)cc1C. The lowest BCUT2D eigenvalue weighted by atomic mass is 10.1. The Kier molecular flexibility index (Phi) is 4.84. The summed E-state index contributed by atoms with van der Waals surface area (Å²) in [6, 6.07) is 6.16. The van der Waals surface area contributed by atoms with Crippen LogP contribution in [0.1, 0.15) is 24.5 Å². The average molecular weight is 206 g/mol. The summed E-state index contributed by atoms with van der Waals surface area (Å²) < 4.78 is 0. The third-order valence-electron chi connectivity index (χ3n) is 2.00. The number of nitrogens with one attached hydrogen (secondary N) is 1. The van der Waals surface area contributed by atoms with E-state index in [1.54, 1.807) is 6.34 Å². The van der Waals surface area contributed by atoms with Crippen molar-refractivity contribution in [2.75, 3.05) is 6.61 Å². The second-order valence-electron chi connectivity index (χ2n) is 3.51. The van der Waals surface area contributed by atoms with Crippen LogP contribution in [-0.2, 0) is 4.84 Å². The second kappa shape index (κ2) is 6.19. The quantitative estimate of drug-likeness (QED) is 0.348. The third kappa shape index (κ3) is 4.13. The fourth-order valence-corrected chi connectivity index (χ4v) is 1.24. The lowest BCUT2D eigenvalue weighted by Crippen LogP contribution is -2.12. The number of hydrogen-bond acceptors (Lipinski definition) is 2. The van der Waals surface area contributed by atoms with E-state index < -0.39 is 0 Å². The van der Waals surface area contributed by atoms with E-state index in [-0.39, 0.29) is 0 Å². The van der Waals surface area contributed by atoms with Gasteiger partial charge in [-0.3, -0.25) is 10.3 Å². The van der Waals surface area contributed by atoms with Crippen molar-refractivity contribution in [2.45, 2.75) is 27.2 Å². The fourth-order valence-electron chi connectivity index (χ4n) is 1.24. The molecule has 1 aromatic carbocycles. The van der Waals surface area contributed by atoms with E-state index in [0.29, 0.717) is 6.61 Å². The normalized spacial score (nSPS) is 10.9. The maximum absolute atomic E-state index is 5.07.